The fraction of sp³-hybridized carbons (Fsp3) is 0.364. The maximum Gasteiger partial charge on any atom is 0.295 e. The lowest BCUT2D eigenvalue weighted by molar-refractivity contribution is -0.140. The van der Waals surface area contributed by atoms with Gasteiger partial charge in [0.05, 0.1) is 18.7 Å². The van der Waals surface area contributed by atoms with Gasteiger partial charge in [-0.25, -0.2) is 0 Å². The van der Waals surface area contributed by atoms with Crippen LogP contribution in [-0.2, 0) is 9.59 Å². The standard InChI is InChI=1S/C22H26N2O4S/c1-13-12-16(28-5)14(2)11-15(13)20(25)18-19(17-7-6-10-29-17)24(9-8-23(3)4)22(27)21(18)26/h6-7,10-12,19,25H,8-9H2,1-5H3/b20-18-. The molecule has 2 heterocycles. The molecular weight excluding hydrogens is 388 g/mol. The normalized spacial score (nSPS) is 18.7. The van der Waals surface area contributed by atoms with E-state index in [4.69, 9.17) is 4.74 Å². The number of aliphatic hydroxyl groups excluding tert-OH is 1. The van der Waals surface area contributed by atoms with Gasteiger partial charge in [0.25, 0.3) is 11.7 Å². The van der Waals surface area contributed by atoms with Gasteiger partial charge in [0.15, 0.2) is 0 Å². The van der Waals surface area contributed by atoms with Gasteiger partial charge in [-0.3, -0.25) is 9.59 Å². The number of ketones is 1. The number of aliphatic hydroxyl groups is 1. The Bertz CT molecular complexity index is 963. The molecule has 2 aromatic rings. The van der Waals surface area contributed by atoms with Crippen LogP contribution in [0.3, 0.4) is 0 Å². The van der Waals surface area contributed by atoms with Crippen molar-refractivity contribution in [1.82, 2.24) is 9.80 Å². The first-order valence-electron chi connectivity index (χ1n) is 9.38. The van der Waals surface area contributed by atoms with Gasteiger partial charge in [-0.1, -0.05) is 6.07 Å². The molecule has 7 heteroatoms. The fourth-order valence-corrected chi connectivity index (χ4v) is 4.42. The number of nitrogens with zero attached hydrogens (tertiary/aromatic N) is 2. The minimum absolute atomic E-state index is 0.141. The average Bonchev–Trinajstić information content (AvgIpc) is 3.28. The summed E-state index contributed by atoms with van der Waals surface area (Å²) in [6.07, 6.45) is 0. The molecule has 0 spiro atoms. The van der Waals surface area contributed by atoms with Crippen LogP contribution in [0.1, 0.15) is 27.6 Å². The Hall–Kier alpha value is -2.64. The van der Waals surface area contributed by atoms with E-state index < -0.39 is 17.7 Å². The summed E-state index contributed by atoms with van der Waals surface area (Å²) in [5.74, 6) is -0.653. The predicted octanol–water partition coefficient (Wildman–Crippen LogP) is 3.36. The fourth-order valence-electron chi connectivity index (χ4n) is 3.57. The lowest BCUT2D eigenvalue weighted by Crippen LogP contribution is -2.35. The molecule has 1 amide bonds. The SMILES string of the molecule is COc1cc(C)c(/C(O)=C2/C(=O)C(=O)N(CCN(C)C)C2c2cccs2)cc1C. The summed E-state index contributed by atoms with van der Waals surface area (Å²) in [5.41, 5.74) is 2.29. The molecule has 0 radical (unpaired) electrons. The van der Waals surface area contributed by atoms with E-state index in [-0.39, 0.29) is 11.3 Å². The zero-order chi connectivity index (χ0) is 21.3. The summed E-state index contributed by atoms with van der Waals surface area (Å²) < 4.78 is 5.35. The summed E-state index contributed by atoms with van der Waals surface area (Å²) in [7, 11) is 5.43. The molecular formula is C22H26N2O4S. The minimum Gasteiger partial charge on any atom is -0.507 e. The van der Waals surface area contributed by atoms with Gasteiger partial charge in [-0.05, 0) is 62.6 Å². The highest BCUT2D eigenvalue weighted by atomic mass is 32.1. The number of ether oxygens (including phenoxy) is 1. The number of hydrogen-bond acceptors (Lipinski definition) is 6. The van der Waals surface area contributed by atoms with Gasteiger partial charge < -0.3 is 19.6 Å². The summed E-state index contributed by atoms with van der Waals surface area (Å²) in [5, 5.41) is 13.1. The second kappa shape index (κ2) is 8.39. The first-order valence-corrected chi connectivity index (χ1v) is 10.3. The first kappa shape index (κ1) is 21.1. The Kier molecular flexibility index (Phi) is 6.10. The van der Waals surface area contributed by atoms with E-state index in [1.165, 1.54) is 11.3 Å². The topological polar surface area (TPSA) is 70.1 Å². The number of carbonyl (C=O) groups excluding carboxylic acids is 2. The first-order chi connectivity index (χ1) is 13.8. The predicted molar refractivity (Wildman–Crippen MR) is 114 cm³/mol. The molecule has 1 saturated heterocycles. The van der Waals surface area contributed by atoms with E-state index in [2.05, 4.69) is 0 Å². The number of aryl methyl sites for hydroxylation is 2. The second-order valence-electron chi connectivity index (χ2n) is 7.45. The number of amides is 1. The Morgan fingerprint density at radius 3 is 2.55 bits per heavy atom. The highest BCUT2D eigenvalue weighted by molar-refractivity contribution is 7.10. The molecule has 1 fully saturated rings. The molecule has 1 aliphatic rings. The summed E-state index contributed by atoms with van der Waals surface area (Å²) in [6, 6.07) is 6.81. The third-order valence-corrected chi connectivity index (χ3v) is 6.06. The van der Waals surface area contributed by atoms with Crippen molar-refractivity contribution in [2.24, 2.45) is 0 Å². The van der Waals surface area contributed by atoms with Crippen molar-refractivity contribution < 1.29 is 19.4 Å². The van der Waals surface area contributed by atoms with Crippen molar-refractivity contribution in [2.75, 3.05) is 34.3 Å². The quantitative estimate of drug-likeness (QED) is 0.446. The lowest BCUT2D eigenvalue weighted by atomic mass is 9.96. The number of Topliss-reactive ketones (excluding diaryl/α,β-unsaturated/α-hetero) is 1. The van der Waals surface area contributed by atoms with Crippen LogP contribution < -0.4 is 4.74 Å². The van der Waals surface area contributed by atoms with Crippen LogP contribution in [0, 0.1) is 13.8 Å². The van der Waals surface area contributed by atoms with Crippen LogP contribution >= 0.6 is 11.3 Å². The van der Waals surface area contributed by atoms with Crippen molar-refractivity contribution in [3.8, 4) is 5.75 Å². The third-order valence-electron chi connectivity index (χ3n) is 5.14. The van der Waals surface area contributed by atoms with Crippen LogP contribution in [0.5, 0.6) is 5.75 Å². The highest BCUT2D eigenvalue weighted by Gasteiger charge is 2.46. The van der Waals surface area contributed by atoms with Crippen molar-refractivity contribution in [3.63, 3.8) is 0 Å². The molecule has 0 aliphatic carbocycles. The number of methoxy groups -OCH3 is 1. The number of carbonyl (C=O) groups is 2. The lowest BCUT2D eigenvalue weighted by Gasteiger charge is -2.25. The number of thiophene rings is 1. The number of rotatable bonds is 6. The van der Waals surface area contributed by atoms with Gasteiger partial charge in [-0.2, -0.15) is 0 Å². The van der Waals surface area contributed by atoms with E-state index in [1.54, 1.807) is 18.1 Å². The molecule has 29 heavy (non-hydrogen) atoms. The molecule has 1 N–H and O–H groups in total. The zero-order valence-corrected chi connectivity index (χ0v) is 18.2. The molecule has 0 saturated carbocycles. The Labute approximate surface area is 175 Å². The van der Waals surface area contributed by atoms with Crippen LogP contribution in [0.25, 0.3) is 5.76 Å². The van der Waals surface area contributed by atoms with Crippen LogP contribution in [0.15, 0.2) is 35.2 Å². The Balaban J connectivity index is 2.16. The smallest absolute Gasteiger partial charge is 0.295 e. The maximum atomic E-state index is 13.0. The average molecular weight is 415 g/mol. The third kappa shape index (κ3) is 3.93. The molecule has 1 atom stereocenters. The molecule has 6 nitrogen and oxygen atoms in total. The van der Waals surface area contributed by atoms with E-state index >= 15 is 0 Å². The van der Waals surface area contributed by atoms with E-state index in [0.717, 1.165) is 16.0 Å². The van der Waals surface area contributed by atoms with E-state index in [0.29, 0.717) is 24.4 Å². The largest absolute Gasteiger partial charge is 0.507 e. The van der Waals surface area contributed by atoms with Crippen molar-refractivity contribution in [1.29, 1.82) is 0 Å². The molecule has 154 valence electrons. The molecule has 1 aromatic carbocycles. The zero-order valence-electron chi connectivity index (χ0n) is 17.4. The Morgan fingerprint density at radius 2 is 1.97 bits per heavy atom. The van der Waals surface area contributed by atoms with Crippen LogP contribution in [-0.4, -0.2) is 60.9 Å². The number of hydrogen-bond donors (Lipinski definition) is 1. The highest BCUT2D eigenvalue weighted by Crippen LogP contribution is 2.41. The van der Waals surface area contributed by atoms with E-state index in [9.17, 15) is 14.7 Å². The Morgan fingerprint density at radius 1 is 1.24 bits per heavy atom. The molecule has 1 aliphatic heterocycles. The van der Waals surface area contributed by atoms with Crippen LogP contribution in [0.4, 0.5) is 0 Å². The number of likely N-dealkylation sites (N-methyl/N-ethyl adjacent to an activating group) is 1. The van der Waals surface area contributed by atoms with Gasteiger partial charge in [0.1, 0.15) is 11.5 Å². The molecule has 3 rings (SSSR count). The number of likely N-dealkylation sites (tertiary alicyclic amines) is 1. The van der Waals surface area contributed by atoms with E-state index in [1.807, 2.05) is 56.4 Å². The minimum atomic E-state index is -0.646. The van der Waals surface area contributed by atoms with Crippen molar-refractivity contribution in [3.05, 3.63) is 56.8 Å². The summed E-state index contributed by atoms with van der Waals surface area (Å²) in [6.45, 7) is 4.74. The molecule has 0 bridgehead atoms. The summed E-state index contributed by atoms with van der Waals surface area (Å²) >= 11 is 1.47. The number of benzene rings is 1. The van der Waals surface area contributed by atoms with Crippen LogP contribution in [0.2, 0.25) is 0 Å². The van der Waals surface area contributed by atoms with Gasteiger partial charge in [0, 0.05) is 23.5 Å². The monoisotopic (exact) mass is 414 g/mol. The molecule has 1 aromatic heterocycles. The van der Waals surface area contributed by atoms with Crippen molar-refractivity contribution >= 4 is 28.8 Å². The van der Waals surface area contributed by atoms with Gasteiger partial charge >= 0.3 is 0 Å². The second-order valence-corrected chi connectivity index (χ2v) is 8.43. The molecule has 1 unspecified atom stereocenters. The van der Waals surface area contributed by atoms with Crippen molar-refractivity contribution in [2.45, 2.75) is 19.9 Å². The van der Waals surface area contributed by atoms with Gasteiger partial charge in [0.2, 0.25) is 0 Å². The maximum absolute atomic E-state index is 13.0. The summed E-state index contributed by atoms with van der Waals surface area (Å²) in [4.78, 5) is 30.2. The van der Waals surface area contributed by atoms with Gasteiger partial charge in [-0.15, -0.1) is 11.3 Å².